The fraction of sp³-hybridized carbons (Fsp3) is 0.611. The summed E-state index contributed by atoms with van der Waals surface area (Å²) in [5, 5.41) is 3.43. The molecular formula is C18H30IN3O2. The lowest BCUT2D eigenvalue weighted by Gasteiger charge is -2.21. The van der Waals surface area contributed by atoms with Crippen LogP contribution in [-0.2, 0) is 4.74 Å². The normalized spacial score (nSPS) is 17.5. The number of aliphatic imine (C=N–C) groups is 1. The summed E-state index contributed by atoms with van der Waals surface area (Å²) in [4.78, 5) is 6.70. The lowest BCUT2D eigenvalue weighted by Crippen LogP contribution is -2.40. The van der Waals surface area contributed by atoms with E-state index in [1.54, 1.807) is 7.11 Å². The molecule has 1 fully saturated rings. The number of nitrogens with zero attached hydrogens (tertiary/aromatic N) is 2. The number of rotatable bonds is 7. The Bertz CT molecular complexity index is 511. The van der Waals surface area contributed by atoms with Gasteiger partial charge in [-0.3, -0.25) is 4.99 Å². The van der Waals surface area contributed by atoms with Crippen LogP contribution in [0.4, 0.5) is 0 Å². The van der Waals surface area contributed by atoms with Crippen molar-refractivity contribution in [2.24, 2.45) is 10.9 Å². The summed E-state index contributed by atoms with van der Waals surface area (Å²) in [6, 6.07) is 8.12. The van der Waals surface area contributed by atoms with Gasteiger partial charge in [-0.1, -0.05) is 18.2 Å². The summed E-state index contributed by atoms with van der Waals surface area (Å²) in [7, 11) is 3.61. The van der Waals surface area contributed by atoms with Crippen LogP contribution in [0.3, 0.4) is 0 Å². The highest BCUT2D eigenvalue weighted by Gasteiger charge is 2.24. The van der Waals surface area contributed by atoms with Crippen LogP contribution in [0, 0.1) is 12.8 Å². The highest BCUT2D eigenvalue weighted by atomic mass is 127. The lowest BCUT2D eigenvalue weighted by molar-refractivity contribution is 0.157. The summed E-state index contributed by atoms with van der Waals surface area (Å²) < 4.78 is 11.1. The molecule has 0 bridgehead atoms. The first-order valence-electron chi connectivity index (χ1n) is 8.37. The number of guanidine groups is 1. The molecule has 1 heterocycles. The van der Waals surface area contributed by atoms with Gasteiger partial charge >= 0.3 is 0 Å². The highest BCUT2D eigenvalue weighted by Crippen LogP contribution is 2.17. The first-order valence-corrected chi connectivity index (χ1v) is 8.37. The molecule has 1 aromatic carbocycles. The number of benzene rings is 1. The topological polar surface area (TPSA) is 46.1 Å². The number of hydrogen-bond donors (Lipinski definition) is 1. The molecule has 0 radical (unpaired) electrons. The van der Waals surface area contributed by atoms with E-state index in [0.717, 1.165) is 44.4 Å². The van der Waals surface area contributed by atoms with Gasteiger partial charge in [0, 0.05) is 39.7 Å². The molecule has 0 saturated carbocycles. The van der Waals surface area contributed by atoms with Gasteiger partial charge in [-0.15, -0.1) is 24.0 Å². The Labute approximate surface area is 162 Å². The quantitative estimate of drug-likeness (QED) is 0.302. The minimum absolute atomic E-state index is 0. The number of ether oxygens (including phenoxy) is 2. The molecule has 1 atom stereocenters. The van der Waals surface area contributed by atoms with E-state index >= 15 is 0 Å². The average Bonchev–Trinajstić information content (AvgIpc) is 3.01. The largest absolute Gasteiger partial charge is 0.493 e. The Hall–Kier alpha value is -1.02. The third kappa shape index (κ3) is 6.47. The standard InChI is InChI=1S/C18H29N3O2.HI/c1-15-7-4-5-8-17(15)23-12-6-10-20-18(19-2)21-11-9-16(13-21)14-22-3;/h4-5,7-8,16H,6,9-14H2,1-3H3,(H,19,20);1H. The Morgan fingerprint density at radius 1 is 1.38 bits per heavy atom. The predicted molar refractivity (Wildman–Crippen MR) is 110 cm³/mol. The molecule has 0 aliphatic carbocycles. The zero-order valence-electron chi connectivity index (χ0n) is 15.0. The van der Waals surface area contributed by atoms with Crippen LogP contribution in [0.2, 0.25) is 0 Å². The van der Waals surface area contributed by atoms with Crippen LogP contribution in [0.5, 0.6) is 5.75 Å². The van der Waals surface area contributed by atoms with Crippen molar-refractivity contribution in [3.05, 3.63) is 29.8 Å². The van der Waals surface area contributed by atoms with Gasteiger partial charge in [0.25, 0.3) is 0 Å². The van der Waals surface area contributed by atoms with Crippen molar-refractivity contribution in [2.45, 2.75) is 19.8 Å². The zero-order valence-corrected chi connectivity index (χ0v) is 17.3. The molecule has 6 heteroatoms. The average molecular weight is 447 g/mol. The maximum atomic E-state index is 5.82. The Morgan fingerprint density at radius 3 is 2.88 bits per heavy atom. The second kappa shape index (κ2) is 11.5. The SMILES string of the molecule is CN=C(NCCCOc1ccccc1C)N1CCC(COC)C1.I. The molecule has 1 unspecified atom stereocenters. The van der Waals surface area contributed by atoms with Gasteiger partial charge in [0.05, 0.1) is 13.2 Å². The summed E-state index contributed by atoms with van der Waals surface area (Å²) in [6.07, 6.45) is 2.12. The molecule has 136 valence electrons. The fourth-order valence-electron chi connectivity index (χ4n) is 2.90. The van der Waals surface area contributed by atoms with Crippen LogP contribution < -0.4 is 10.1 Å². The van der Waals surface area contributed by atoms with Crippen molar-refractivity contribution in [1.82, 2.24) is 10.2 Å². The van der Waals surface area contributed by atoms with Crippen molar-refractivity contribution in [1.29, 1.82) is 0 Å². The number of methoxy groups -OCH3 is 1. The molecule has 24 heavy (non-hydrogen) atoms. The van der Waals surface area contributed by atoms with E-state index in [0.29, 0.717) is 12.5 Å². The molecule has 0 spiro atoms. The summed E-state index contributed by atoms with van der Waals surface area (Å²) in [6.45, 7) is 6.54. The van der Waals surface area contributed by atoms with E-state index in [4.69, 9.17) is 9.47 Å². The second-order valence-corrected chi connectivity index (χ2v) is 6.00. The fourth-order valence-corrected chi connectivity index (χ4v) is 2.90. The molecule has 2 rings (SSSR count). The zero-order chi connectivity index (χ0) is 16.5. The van der Waals surface area contributed by atoms with Crippen molar-refractivity contribution in [2.75, 3.05) is 47.0 Å². The lowest BCUT2D eigenvalue weighted by atomic mass is 10.1. The molecule has 0 aromatic heterocycles. The van der Waals surface area contributed by atoms with E-state index in [1.807, 2.05) is 25.2 Å². The third-order valence-electron chi connectivity index (χ3n) is 4.15. The van der Waals surface area contributed by atoms with Crippen molar-refractivity contribution >= 4 is 29.9 Å². The Kier molecular flexibility index (Phi) is 10.1. The Balaban J connectivity index is 0.00000288. The van der Waals surface area contributed by atoms with Crippen LogP contribution in [0.1, 0.15) is 18.4 Å². The number of hydrogen-bond acceptors (Lipinski definition) is 3. The molecule has 1 saturated heterocycles. The number of halogens is 1. The summed E-state index contributed by atoms with van der Waals surface area (Å²) in [5.74, 6) is 2.57. The molecule has 1 N–H and O–H groups in total. The Morgan fingerprint density at radius 2 is 2.17 bits per heavy atom. The first-order chi connectivity index (χ1) is 11.2. The molecule has 1 aromatic rings. The maximum Gasteiger partial charge on any atom is 0.193 e. The van der Waals surface area contributed by atoms with Crippen LogP contribution >= 0.6 is 24.0 Å². The second-order valence-electron chi connectivity index (χ2n) is 6.00. The molecule has 5 nitrogen and oxygen atoms in total. The third-order valence-corrected chi connectivity index (χ3v) is 4.15. The smallest absolute Gasteiger partial charge is 0.193 e. The highest BCUT2D eigenvalue weighted by molar-refractivity contribution is 14.0. The molecule has 1 aliphatic rings. The number of likely N-dealkylation sites (tertiary alicyclic amines) is 1. The van der Waals surface area contributed by atoms with Crippen LogP contribution in [0.15, 0.2) is 29.3 Å². The molecular weight excluding hydrogens is 417 g/mol. The van der Waals surface area contributed by atoms with E-state index in [9.17, 15) is 0 Å². The maximum absolute atomic E-state index is 5.82. The van der Waals surface area contributed by atoms with Gasteiger partial charge in [0.1, 0.15) is 5.75 Å². The molecule has 0 amide bonds. The van der Waals surface area contributed by atoms with Gasteiger partial charge in [-0.25, -0.2) is 0 Å². The number of aryl methyl sites for hydroxylation is 1. The van der Waals surface area contributed by atoms with E-state index in [-0.39, 0.29) is 24.0 Å². The first kappa shape index (κ1) is 21.0. The summed E-state index contributed by atoms with van der Waals surface area (Å²) in [5.41, 5.74) is 1.18. The van der Waals surface area contributed by atoms with Gasteiger partial charge in [-0.2, -0.15) is 0 Å². The number of para-hydroxylation sites is 1. The van der Waals surface area contributed by atoms with E-state index in [1.165, 1.54) is 12.0 Å². The predicted octanol–water partition coefficient (Wildman–Crippen LogP) is 2.93. The van der Waals surface area contributed by atoms with Gasteiger partial charge in [0.15, 0.2) is 5.96 Å². The van der Waals surface area contributed by atoms with Crippen molar-refractivity contribution in [3.63, 3.8) is 0 Å². The molecule has 1 aliphatic heterocycles. The van der Waals surface area contributed by atoms with E-state index in [2.05, 4.69) is 28.2 Å². The number of nitrogens with one attached hydrogen (secondary N) is 1. The van der Waals surface area contributed by atoms with Gasteiger partial charge in [-0.05, 0) is 31.4 Å². The minimum atomic E-state index is 0. The van der Waals surface area contributed by atoms with Crippen LogP contribution in [-0.4, -0.2) is 57.9 Å². The van der Waals surface area contributed by atoms with Gasteiger partial charge < -0.3 is 19.7 Å². The van der Waals surface area contributed by atoms with Gasteiger partial charge in [0.2, 0.25) is 0 Å². The van der Waals surface area contributed by atoms with Crippen molar-refractivity contribution < 1.29 is 9.47 Å². The monoisotopic (exact) mass is 447 g/mol. The van der Waals surface area contributed by atoms with Crippen LogP contribution in [0.25, 0.3) is 0 Å². The van der Waals surface area contributed by atoms with E-state index < -0.39 is 0 Å². The van der Waals surface area contributed by atoms with Crippen molar-refractivity contribution in [3.8, 4) is 5.75 Å². The minimum Gasteiger partial charge on any atom is -0.493 e. The summed E-state index contributed by atoms with van der Waals surface area (Å²) >= 11 is 0.